The molecule has 0 unspecified atom stereocenters. The Morgan fingerprint density at radius 3 is 1.62 bits per heavy atom. The lowest BCUT2D eigenvalue weighted by Crippen LogP contribution is -2.30. The predicted molar refractivity (Wildman–Crippen MR) is 158 cm³/mol. The minimum atomic E-state index is -0.804. The summed E-state index contributed by atoms with van der Waals surface area (Å²) >= 11 is 0. The molecule has 2 aromatic rings. The van der Waals surface area contributed by atoms with Crippen LogP contribution in [0.15, 0.2) is 61.7 Å². The van der Waals surface area contributed by atoms with E-state index in [1.165, 1.54) is 43.3 Å². The monoisotopic (exact) mass is 622 g/mol. The van der Waals surface area contributed by atoms with E-state index < -0.39 is 47.5 Å². The molecule has 0 N–H and O–H groups in total. The summed E-state index contributed by atoms with van der Waals surface area (Å²) in [4.78, 5) is 73.8. The molecule has 238 valence electrons. The number of hydrogen-bond acceptors (Lipinski definition) is 12. The van der Waals surface area contributed by atoms with Gasteiger partial charge < -0.3 is 28.4 Å². The van der Waals surface area contributed by atoms with Crippen LogP contribution in [0, 0.1) is 11.8 Å². The van der Waals surface area contributed by atoms with Gasteiger partial charge in [-0.2, -0.15) is 0 Å². The van der Waals surface area contributed by atoms with Crippen LogP contribution < -0.4 is 18.9 Å². The number of benzene rings is 2. The van der Waals surface area contributed by atoms with Crippen LogP contribution in [0.4, 0.5) is 0 Å². The maximum absolute atomic E-state index is 13.0. The second-order valence-electron chi connectivity index (χ2n) is 9.85. The van der Waals surface area contributed by atoms with Crippen LogP contribution in [-0.4, -0.2) is 55.5 Å². The SMILES string of the molecule is C=CC(=O)Oc1ccc(OC(=O)C2CCC(C(=O)Oc3ccc(OC(=O)C=C)c(C(=O)OCCOCC)c3)CC2)cc1C(C)=O. The van der Waals surface area contributed by atoms with E-state index in [2.05, 4.69) is 13.2 Å². The summed E-state index contributed by atoms with van der Waals surface area (Å²) in [5.74, 6) is -4.73. The van der Waals surface area contributed by atoms with Crippen molar-refractivity contribution in [1.82, 2.24) is 0 Å². The average Bonchev–Trinajstić information content (AvgIpc) is 3.04. The largest absolute Gasteiger partial charge is 0.460 e. The average molecular weight is 623 g/mol. The fourth-order valence-electron chi connectivity index (χ4n) is 4.44. The van der Waals surface area contributed by atoms with Crippen molar-refractivity contribution in [3.05, 3.63) is 72.8 Å². The highest BCUT2D eigenvalue weighted by atomic mass is 16.6. The van der Waals surface area contributed by atoms with Gasteiger partial charge in [0.1, 0.15) is 35.2 Å². The third-order valence-electron chi connectivity index (χ3n) is 6.75. The molecule has 0 spiro atoms. The van der Waals surface area contributed by atoms with E-state index in [9.17, 15) is 28.8 Å². The lowest BCUT2D eigenvalue weighted by Gasteiger charge is -2.26. The molecule has 1 aliphatic carbocycles. The molecule has 12 nitrogen and oxygen atoms in total. The van der Waals surface area contributed by atoms with E-state index in [0.29, 0.717) is 32.3 Å². The Morgan fingerprint density at radius 2 is 1.18 bits per heavy atom. The molecule has 1 aliphatic rings. The van der Waals surface area contributed by atoms with Gasteiger partial charge in [0.05, 0.1) is 24.0 Å². The standard InChI is InChI=1S/C33H34O12/c1-5-29(35)44-27-14-12-23(18-25(27)20(4)34)42-31(37)21-8-10-22(11-9-21)32(38)43-24-13-15-28(45-30(36)6-2)26(19-24)33(39)41-17-16-40-7-3/h5-6,12-15,18-19,21-22H,1-2,7-11,16-17H2,3-4H3. The van der Waals surface area contributed by atoms with Crippen LogP contribution in [0.25, 0.3) is 0 Å². The number of carbonyl (C=O) groups excluding carboxylic acids is 6. The number of ether oxygens (including phenoxy) is 6. The quantitative estimate of drug-likeness (QED) is 0.0951. The molecule has 0 saturated heterocycles. The molecule has 0 bridgehead atoms. The highest BCUT2D eigenvalue weighted by Gasteiger charge is 2.32. The molecule has 0 atom stereocenters. The molecule has 2 aromatic carbocycles. The van der Waals surface area contributed by atoms with Crippen molar-refractivity contribution >= 4 is 35.6 Å². The van der Waals surface area contributed by atoms with Gasteiger partial charge in [0, 0.05) is 18.8 Å². The Morgan fingerprint density at radius 1 is 0.711 bits per heavy atom. The Kier molecular flexibility index (Phi) is 12.7. The molecule has 3 rings (SSSR count). The maximum Gasteiger partial charge on any atom is 0.342 e. The molecule has 45 heavy (non-hydrogen) atoms. The van der Waals surface area contributed by atoms with Gasteiger partial charge in [-0.15, -0.1) is 0 Å². The molecule has 1 saturated carbocycles. The number of ketones is 1. The van der Waals surface area contributed by atoms with E-state index >= 15 is 0 Å². The van der Waals surface area contributed by atoms with Gasteiger partial charge >= 0.3 is 29.8 Å². The van der Waals surface area contributed by atoms with Crippen LogP contribution >= 0.6 is 0 Å². The zero-order valence-corrected chi connectivity index (χ0v) is 25.0. The fraction of sp³-hybridized carbons (Fsp3) is 0.333. The van der Waals surface area contributed by atoms with Crippen LogP contribution in [-0.2, 0) is 28.7 Å². The summed E-state index contributed by atoms with van der Waals surface area (Å²) in [5, 5.41) is 0. The van der Waals surface area contributed by atoms with Crippen molar-refractivity contribution in [1.29, 1.82) is 0 Å². The summed E-state index contributed by atoms with van der Waals surface area (Å²) in [5.41, 5.74) is -0.0611. The van der Waals surface area contributed by atoms with E-state index in [1.807, 2.05) is 0 Å². The molecule has 0 amide bonds. The number of rotatable bonds is 14. The number of hydrogen-bond donors (Lipinski definition) is 0. The maximum atomic E-state index is 13.0. The van der Waals surface area contributed by atoms with E-state index in [0.717, 1.165) is 12.2 Å². The molecule has 1 fully saturated rings. The third-order valence-corrected chi connectivity index (χ3v) is 6.75. The first-order chi connectivity index (χ1) is 21.6. The lowest BCUT2D eigenvalue weighted by atomic mass is 9.82. The van der Waals surface area contributed by atoms with Crippen LogP contribution in [0.1, 0.15) is 60.2 Å². The first kappa shape index (κ1) is 34.4. The summed E-state index contributed by atoms with van der Waals surface area (Å²) in [6.07, 6.45) is 3.28. The van der Waals surface area contributed by atoms with Gasteiger partial charge in [-0.1, -0.05) is 13.2 Å². The second-order valence-corrected chi connectivity index (χ2v) is 9.85. The van der Waals surface area contributed by atoms with E-state index in [-0.39, 0.29) is 47.3 Å². The van der Waals surface area contributed by atoms with Gasteiger partial charge in [-0.05, 0) is 75.9 Å². The van der Waals surface area contributed by atoms with Crippen molar-refractivity contribution in [3.8, 4) is 23.0 Å². The van der Waals surface area contributed by atoms with Crippen molar-refractivity contribution < 1.29 is 57.2 Å². The smallest absolute Gasteiger partial charge is 0.342 e. The number of esters is 5. The molecule has 0 radical (unpaired) electrons. The van der Waals surface area contributed by atoms with Gasteiger partial charge in [0.25, 0.3) is 0 Å². The molecule has 0 heterocycles. The Hall–Kier alpha value is -5.10. The highest BCUT2D eigenvalue weighted by Crippen LogP contribution is 2.33. The minimum Gasteiger partial charge on any atom is -0.460 e. The first-order valence-corrected chi connectivity index (χ1v) is 14.2. The van der Waals surface area contributed by atoms with Gasteiger partial charge in [-0.25, -0.2) is 14.4 Å². The van der Waals surface area contributed by atoms with Crippen molar-refractivity contribution in [2.75, 3.05) is 19.8 Å². The van der Waals surface area contributed by atoms with Gasteiger partial charge in [0.2, 0.25) is 0 Å². The van der Waals surface area contributed by atoms with Crippen molar-refractivity contribution in [2.24, 2.45) is 11.8 Å². The Balaban J connectivity index is 1.61. The minimum absolute atomic E-state index is 0.0178. The van der Waals surface area contributed by atoms with Crippen molar-refractivity contribution in [2.45, 2.75) is 39.5 Å². The van der Waals surface area contributed by atoms with Gasteiger partial charge in [0.15, 0.2) is 5.78 Å². The zero-order valence-electron chi connectivity index (χ0n) is 25.0. The molecule has 0 aliphatic heterocycles. The van der Waals surface area contributed by atoms with E-state index in [1.54, 1.807) is 6.92 Å². The highest BCUT2D eigenvalue weighted by molar-refractivity contribution is 5.98. The molecule has 0 aromatic heterocycles. The first-order valence-electron chi connectivity index (χ1n) is 14.2. The summed E-state index contributed by atoms with van der Waals surface area (Å²) in [6.45, 7) is 10.3. The summed E-state index contributed by atoms with van der Waals surface area (Å²) < 4.78 is 31.5. The van der Waals surface area contributed by atoms with Crippen LogP contribution in [0.3, 0.4) is 0 Å². The van der Waals surface area contributed by atoms with Crippen LogP contribution in [0.2, 0.25) is 0 Å². The fourth-order valence-corrected chi connectivity index (χ4v) is 4.44. The Bertz CT molecular complexity index is 1470. The van der Waals surface area contributed by atoms with Crippen LogP contribution in [0.5, 0.6) is 23.0 Å². The van der Waals surface area contributed by atoms with Gasteiger partial charge in [-0.3, -0.25) is 14.4 Å². The van der Waals surface area contributed by atoms with Crippen molar-refractivity contribution in [3.63, 3.8) is 0 Å². The normalized spacial score (nSPS) is 15.6. The molecular formula is C33H34O12. The predicted octanol–water partition coefficient (Wildman–Crippen LogP) is 4.58. The number of Topliss-reactive ketones (excluding diaryl/α,β-unsaturated/α-hetero) is 1. The number of carbonyl (C=O) groups is 6. The summed E-state index contributed by atoms with van der Waals surface area (Å²) in [7, 11) is 0. The molecular weight excluding hydrogens is 588 g/mol. The third kappa shape index (κ3) is 9.97. The Labute approximate surface area is 259 Å². The lowest BCUT2D eigenvalue weighted by molar-refractivity contribution is -0.145. The topological polar surface area (TPSA) is 158 Å². The van der Waals surface area contributed by atoms with E-state index in [4.69, 9.17) is 28.4 Å². The summed E-state index contributed by atoms with van der Waals surface area (Å²) in [6, 6.07) is 8.02. The second kappa shape index (κ2) is 16.7. The zero-order chi connectivity index (χ0) is 32.9. The molecule has 12 heteroatoms.